The molecule has 1 saturated heterocycles. The van der Waals surface area contributed by atoms with Crippen LogP contribution in [0.15, 0.2) is 60.8 Å². The average Bonchev–Trinajstić information content (AvgIpc) is 3.15. The maximum Gasteiger partial charge on any atom is 0.255 e. The smallest absolute Gasteiger partial charge is 0.255 e. The fraction of sp³-hybridized carbons (Fsp3) is 0.333. The fourth-order valence-electron chi connectivity index (χ4n) is 3.90. The van der Waals surface area contributed by atoms with Crippen LogP contribution in [0.25, 0.3) is 0 Å². The Bertz CT molecular complexity index is 1000. The maximum absolute atomic E-state index is 12.6. The summed E-state index contributed by atoms with van der Waals surface area (Å²) in [5.41, 5.74) is 9.72. The summed E-state index contributed by atoms with van der Waals surface area (Å²) in [5, 5.41) is 7.10. The zero-order valence-electron chi connectivity index (χ0n) is 18.2. The molecule has 1 aromatic heterocycles. The molecule has 31 heavy (non-hydrogen) atoms. The van der Waals surface area contributed by atoms with Gasteiger partial charge in [0.25, 0.3) is 5.91 Å². The van der Waals surface area contributed by atoms with Crippen molar-refractivity contribution >= 4 is 23.1 Å². The number of aromatic nitrogens is 2. The number of nitrogens with two attached hydrogens (primary N) is 1. The van der Waals surface area contributed by atoms with Crippen LogP contribution >= 0.6 is 0 Å². The van der Waals surface area contributed by atoms with Gasteiger partial charge in [0.1, 0.15) is 11.5 Å². The molecule has 162 valence electrons. The van der Waals surface area contributed by atoms with Gasteiger partial charge in [-0.05, 0) is 43.7 Å². The number of benzene rings is 2. The Morgan fingerprint density at radius 3 is 2.32 bits per heavy atom. The number of nitrogen functional groups attached to an aromatic ring is 1. The van der Waals surface area contributed by atoms with Crippen LogP contribution in [0.5, 0.6) is 0 Å². The Balaban J connectivity index is 1.33. The van der Waals surface area contributed by atoms with E-state index in [0.717, 1.165) is 38.4 Å². The highest BCUT2D eigenvalue weighted by molar-refractivity contribution is 6.05. The number of carbonyl (C=O) groups excluding carboxylic acids is 1. The monoisotopic (exact) mass is 418 g/mol. The number of carbonyl (C=O) groups is 1. The van der Waals surface area contributed by atoms with Crippen LogP contribution in [0.1, 0.15) is 35.8 Å². The highest BCUT2D eigenvalue weighted by atomic mass is 16.1. The summed E-state index contributed by atoms with van der Waals surface area (Å²) in [7, 11) is 0. The second-order valence-electron chi connectivity index (χ2n) is 8.23. The Morgan fingerprint density at radius 1 is 1.03 bits per heavy atom. The minimum absolute atomic E-state index is 0.137. The molecule has 0 saturated carbocycles. The number of piperazine rings is 1. The van der Waals surface area contributed by atoms with Crippen molar-refractivity contribution in [3.63, 3.8) is 0 Å². The van der Waals surface area contributed by atoms with E-state index in [2.05, 4.69) is 50.5 Å². The normalized spacial score (nSPS) is 14.7. The molecule has 7 nitrogen and oxygen atoms in total. The number of nitrogens with zero attached hydrogens (tertiary/aromatic N) is 4. The van der Waals surface area contributed by atoms with Crippen molar-refractivity contribution < 1.29 is 4.79 Å². The highest BCUT2D eigenvalue weighted by Crippen LogP contribution is 2.23. The standard InChI is InChI=1S/C24H30N6O/c1-18(2)30-23(25)22(16-26-30)27-24(31)20-8-10-21(11-9-20)29-14-12-28(13-15-29)17-19-6-4-3-5-7-19/h3-11,16,18H,12-15,17,25H2,1-2H3,(H,27,31). The van der Waals surface area contributed by atoms with E-state index in [-0.39, 0.29) is 11.9 Å². The van der Waals surface area contributed by atoms with Crippen LogP contribution in [-0.4, -0.2) is 46.8 Å². The Labute approximate surface area is 183 Å². The van der Waals surface area contributed by atoms with Crippen molar-refractivity contribution in [3.8, 4) is 0 Å². The summed E-state index contributed by atoms with van der Waals surface area (Å²) >= 11 is 0. The molecule has 1 aliphatic heterocycles. The second-order valence-corrected chi connectivity index (χ2v) is 8.23. The molecule has 0 aliphatic carbocycles. The Hall–Kier alpha value is -3.32. The van der Waals surface area contributed by atoms with Crippen LogP contribution in [0.4, 0.5) is 17.2 Å². The lowest BCUT2D eigenvalue weighted by Crippen LogP contribution is -2.45. The van der Waals surface area contributed by atoms with Gasteiger partial charge in [0.05, 0.1) is 6.20 Å². The number of rotatable bonds is 6. The molecule has 1 fully saturated rings. The first-order valence-electron chi connectivity index (χ1n) is 10.8. The summed E-state index contributed by atoms with van der Waals surface area (Å²) in [5.74, 6) is 0.280. The van der Waals surface area contributed by atoms with Crippen molar-refractivity contribution in [2.24, 2.45) is 0 Å². The molecule has 0 atom stereocenters. The third kappa shape index (κ3) is 4.88. The predicted molar refractivity (Wildman–Crippen MR) is 125 cm³/mol. The van der Waals surface area contributed by atoms with E-state index in [4.69, 9.17) is 5.73 Å². The van der Waals surface area contributed by atoms with E-state index < -0.39 is 0 Å². The minimum Gasteiger partial charge on any atom is -0.382 e. The van der Waals surface area contributed by atoms with Crippen molar-refractivity contribution in [1.29, 1.82) is 0 Å². The minimum atomic E-state index is -0.186. The Kier molecular flexibility index (Phi) is 6.23. The predicted octanol–water partition coefficient (Wildman–Crippen LogP) is 3.62. The summed E-state index contributed by atoms with van der Waals surface area (Å²) < 4.78 is 1.69. The SMILES string of the molecule is CC(C)n1ncc(NC(=O)c2ccc(N3CCN(Cc4ccccc4)CC3)cc2)c1N. The van der Waals surface area contributed by atoms with Crippen molar-refractivity contribution in [2.75, 3.05) is 42.1 Å². The lowest BCUT2D eigenvalue weighted by molar-refractivity contribution is 0.102. The average molecular weight is 419 g/mol. The third-order valence-corrected chi connectivity index (χ3v) is 5.69. The first kappa shape index (κ1) is 20.9. The van der Waals surface area contributed by atoms with Crippen LogP contribution in [0, 0.1) is 0 Å². The maximum atomic E-state index is 12.6. The molecule has 7 heteroatoms. The lowest BCUT2D eigenvalue weighted by atomic mass is 10.1. The third-order valence-electron chi connectivity index (χ3n) is 5.69. The molecule has 3 aromatic rings. The zero-order valence-corrected chi connectivity index (χ0v) is 18.2. The quantitative estimate of drug-likeness (QED) is 0.639. The van der Waals surface area contributed by atoms with Gasteiger partial charge < -0.3 is 16.0 Å². The van der Waals surface area contributed by atoms with E-state index in [1.54, 1.807) is 10.9 Å². The van der Waals surface area contributed by atoms with Crippen LogP contribution in [0.2, 0.25) is 0 Å². The van der Waals surface area contributed by atoms with E-state index in [9.17, 15) is 4.79 Å². The molecule has 1 amide bonds. The molecule has 0 unspecified atom stereocenters. The van der Waals surface area contributed by atoms with Crippen molar-refractivity contribution in [1.82, 2.24) is 14.7 Å². The van der Waals surface area contributed by atoms with E-state index in [0.29, 0.717) is 17.1 Å². The molecule has 3 N–H and O–H groups in total. The van der Waals surface area contributed by atoms with Gasteiger partial charge in [-0.3, -0.25) is 9.69 Å². The van der Waals surface area contributed by atoms with Gasteiger partial charge in [-0.1, -0.05) is 30.3 Å². The van der Waals surface area contributed by atoms with Crippen molar-refractivity contribution in [2.45, 2.75) is 26.4 Å². The summed E-state index contributed by atoms with van der Waals surface area (Å²) in [6, 6.07) is 18.5. The molecule has 0 spiro atoms. The summed E-state index contributed by atoms with van der Waals surface area (Å²) in [4.78, 5) is 17.5. The van der Waals surface area contributed by atoms with Gasteiger partial charge in [0.15, 0.2) is 0 Å². The van der Waals surface area contributed by atoms with Gasteiger partial charge in [0.2, 0.25) is 0 Å². The number of nitrogens with one attached hydrogen (secondary N) is 1. The van der Waals surface area contributed by atoms with Gasteiger partial charge in [0, 0.05) is 50.0 Å². The molecule has 0 bridgehead atoms. The van der Waals surface area contributed by atoms with E-state index in [1.165, 1.54) is 5.56 Å². The van der Waals surface area contributed by atoms with Crippen LogP contribution in [-0.2, 0) is 6.54 Å². The number of anilines is 3. The van der Waals surface area contributed by atoms with Crippen LogP contribution in [0.3, 0.4) is 0 Å². The fourth-order valence-corrected chi connectivity index (χ4v) is 3.90. The molecular weight excluding hydrogens is 388 g/mol. The number of hydrogen-bond donors (Lipinski definition) is 2. The van der Waals surface area contributed by atoms with E-state index >= 15 is 0 Å². The number of hydrogen-bond acceptors (Lipinski definition) is 5. The van der Waals surface area contributed by atoms with Gasteiger partial charge in [-0.15, -0.1) is 0 Å². The van der Waals surface area contributed by atoms with E-state index in [1.807, 2.05) is 38.1 Å². The molecule has 1 aliphatic rings. The summed E-state index contributed by atoms with van der Waals surface area (Å²) in [6.45, 7) is 8.98. The van der Waals surface area contributed by atoms with Crippen LogP contribution < -0.4 is 16.0 Å². The zero-order chi connectivity index (χ0) is 21.8. The van der Waals surface area contributed by atoms with Gasteiger partial charge in [-0.2, -0.15) is 5.10 Å². The lowest BCUT2D eigenvalue weighted by Gasteiger charge is -2.36. The molecule has 2 aromatic carbocycles. The molecule has 0 radical (unpaired) electrons. The topological polar surface area (TPSA) is 79.4 Å². The summed E-state index contributed by atoms with van der Waals surface area (Å²) in [6.07, 6.45) is 1.59. The molecule has 4 rings (SSSR count). The first-order valence-corrected chi connectivity index (χ1v) is 10.8. The molecular formula is C24H30N6O. The van der Waals surface area contributed by atoms with Crippen molar-refractivity contribution in [3.05, 3.63) is 71.9 Å². The highest BCUT2D eigenvalue weighted by Gasteiger charge is 2.18. The van der Waals surface area contributed by atoms with Gasteiger partial charge >= 0.3 is 0 Å². The Morgan fingerprint density at radius 2 is 1.71 bits per heavy atom. The second kappa shape index (κ2) is 9.22. The largest absolute Gasteiger partial charge is 0.382 e. The van der Waals surface area contributed by atoms with Gasteiger partial charge in [-0.25, -0.2) is 4.68 Å². The molecule has 2 heterocycles. The first-order chi connectivity index (χ1) is 15.0. The number of amides is 1.